The molecule has 8 nitrogen and oxygen atoms in total. The Kier molecular flexibility index (Phi) is 6.03. The zero-order valence-corrected chi connectivity index (χ0v) is 21.6. The van der Waals surface area contributed by atoms with Gasteiger partial charge in [-0.1, -0.05) is 31.4 Å². The van der Waals surface area contributed by atoms with Gasteiger partial charge in [-0.2, -0.15) is 5.10 Å². The van der Waals surface area contributed by atoms with E-state index < -0.39 is 0 Å². The first-order chi connectivity index (χ1) is 19.6. The van der Waals surface area contributed by atoms with Crippen molar-refractivity contribution in [2.24, 2.45) is 5.92 Å². The number of aromatic amines is 2. The smallest absolute Gasteiger partial charge is 0.227 e. The lowest BCUT2D eigenvalue weighted by molar-refractivity contribution is -0.120. The Hall–Kier alpha value is -4.92. The van der Waals surface area contributed by atoms with Crippen LogP contribution in [0.1, 0.15) is 32.1 Å². The monoisotopic (exact) mass is 531 g/mol. The van der Waals surface area contributed by atoms with E-state index >= 15 is 0 Å². The Morgan fingerprint density at radius 2 is 1.68 bits per heavy atom. The van der Waals surface area contributed by atoms with Crippen LogP contribution in [0.5, 0.6) is 0 Å². The molecule has 5 aromatic heterocycles. The van der Waals surface area contributed by atoms with Crippen LogP contribution in [0.15, 0.2) is 73.4 Å². The van der Waals surface area contributed by atoms with E-state index in [1.165, 1.54) is 18.6 Å². The van der Waals surface area contributed by atoms with Gasteiger partial charge in [0, 0.05) is 40.2 Å². The van der Waals surface area contributed by atoms with Gasteiger partial charge in [-0.05, 0) is 48.7 Å². The molecule has 9 heteroatoms. The molecule has 3 N–H and O–H groups in total. The Morgan fingerprint density at radius 1 is 0.850 bits per heavy atom. The predicted octanol–water partition coefficient (Wildman–Crippen LogP) is 6.89. The highest BCUT2D eigenvalue weighted by Crippen LogP contribution is 2.34. The molecular weight excluding hydrogens is 505 g/mol. The third-order valence-corrected chi connectivity index (χ3v) is 7.68. The van der Waals surface area contributed by atoms with Gasteiger partial charge in [-0.25, -0.2) is 4.39 Å². The lowest BCUT2D eigenvalue weighted by Crippen LogP contribution is -2.24. The first-order valence-corrected chi connectivity index (χ1v) is 13.5. The van der Waals surface area contributed by atoms with Crippen LogP contribution in [0.4, 0.5) is 10.1 Å². The minimum Gasteiger partial charge on any atom is -0.352 e. The van der Waals surface area contributed by atoms with Crippen LogP contribution in [0.3, 0.4) is 0 Å². The summed E-state index contributed by atoms with van der Waals surface area (Å²) >= 11 is 0. The number of rotatable bonds is 5. The maximum atomic E-state index is 13.5. The van der Waals surface area contributed by atoms with Gasteiger partial charge >= 0.3 is 0 Å². The molecule has 0 unspecified atom stereocenters. The molecule has 0 saturated heterocycles. The lowest BCUT2D eigenvalue weighted by Gasteiger charge is -2.20. The van der Waals surface area contributed by atoms with Crippen LogP contribution in [0, 0.1) is 11.7 Å². The van der Waals surface area contributed by atoms with E-state index in [1.54, 1.807) is 43.1 Å². The number of nitrogens with one attached hydrogen (secondary N) is 3. The van der Waals surface area contributed by atoms with E-state index in [0.717, 1.165) is 81.3 Å². The number of aromatic nitrogens is 6. The van der Waals surface area contributed by atoms with Crippen molar-refractivity contribution in [2.45, 2.75) is 32.1 Å². The summed E-state index contributed by atoms with van der Waals surface area (Å²) in [5.74, 6) is -0.152. The molecule has 0 atom stereocenters. The second-order valence-electron chi connectivity index (χ2n) is 10.3. The summed E-state index contributed by atoms with van der Waals surface area (Å²) in [4.78, 5) is 29.6. The van der Waals surface area contributed by atoms with Gasteiger partial charge in [-0.3, -0.25) is 24.8 Å². The van der Waals surface area contributed by atoms with Crippen LogP contribution >= 0.6 is 0 Å². The van der Waals surface area contributed by atoms with E-state index in [0.29, 0.717) is 5.69 Å². The largest absolute Gasteiger partial charge is 0.352 e. The first-order valence-electron chi connectivity index (χ1n) is 13.5. The van der Waals surface area contributed by atoms with E-state index in [-0.39, 0.29) is 17.6 Å². The Labute approximate surface area is 229 Å². The Balaban J connectivity index is 1.22. The van der Waals surface area contributed by atoms with Crippen LogP contribution in [0.25, 0.3) is 55.6 Å². The van der Waals surface area contributed by atoms with Crippen molar-refractivity contribution >= 4 is 33.4 Å². The molecule has 1 saturated carbocycles. The highest BCUT2D eigenvalue weighted by Gasteiger charge is 2.21. The molecule has 1 amide bonds. The number of nitrogens with zero attached hydrogens (tertiary/aromatic N) is 4. The second-order valence-corrected chi connectivity index (χ2v) is 10.3. The van der Waals surface area contributed by atoms with Crippen molar-refractivity contribution < 1.29 is 9.18 Å². The molecule has 6 aromatic rings. The van der Waals surface area contributed by atoms with Gasteiger partial charge in [-0.15, -0.1) is 0 Å². The third-order valence-electron chi connectivity index (χ3n) is 7.68. The van der Waals surface area contributed by atoms with Crippen LogP contribution in [-0.2, 0) is 4.79 Å². The maximum absolute atomic E-state index is 13.5. The zero-order valence-electron chi connectivity index (χ0n) is 21.6. The van der Waals surface area contributed by atoms with Crippen LogP contribution in [0.2, 0.25) is 0 Å². The summed E-state index contributed by atoms with van der Waals surface area (Å²) in [5, 5.41) is 12.6. The molecule has 1 aliphatic rings. The number of carbonyl (C=O) groups is 1. The Morgan fingerprint density at radius 3 is 2.52 bits per heavy atom. The third kappa shape index (κ3) is 4.49. The second kappa shape index (κ2) is 10.00. The summed E-state index contributed by atoms with van der Waals surface area (Å²) in [6, 6.07) is 12.3. The molecule has 1 aliphatic carbocycles. The first kappa shape index (κ1) is 24.1. The van der Waals surface area contributed by atoms with E-state index in [2.05, 4.69) is 35.5 Å². The lowest BCUT2D eigenvalue weighted by atomic mass is 9.88. The fourth-order valence-electron chi connectivity index (χ4n) is 5.58. The number of amides is 1. The minimum atomic E-state index is -0.279. The SMILES string of the molecule is O=C(Nc1cncc(-c2cc3c(-c4cc5c(-c6ccc(F)cc6)cncc5[nH]4)n[nH]c3cn2)c1)C1CCCCC1. The van der Waals surface area contributed by atoms with E-state index in [9.17, 15) is 9.18 Å². The predicted molar refractivity (Wildman–Crippen MR) is 153 cm³/mol. The van der Waals surface area contributed by atoms with Crippen molar-refractivity contribution in [3.63, 3.8) is 0 Å². The standard InChI is InChI=1S/C31H26FN7O/c32-21-8-6-18(7-9-21)25-15-34-16-28-23(25)11-27(37-28)30-24-12-26(35-17-29(24)38-39-30)20-10-22(14-33-13-20)36-31(40)19-4-2-1-3-5-19/h6-17,19,37H,1-5H2,(H,36,40)(H,38,39). The quantitative estimate of drug-likeness (QED) is 0.224. The van der Waals surface area contributed by atoms with Crippen molar-refractivity contribution in [2.75, 3.05) is 5.32 Å². The molecule has 5 heterocycles. The fourth-order valence-corrected chi connectivity index (χ4v) is 5.58. The normalized spacial score (nSPS) is 14.1. The van der Waals surface area contributed by atoms with Gasteiger partial charge in [0.2, 0.25) is 5.91 Å². The average molecular weight is 532 g/mol. The molecule has 1 aromatic carbocycles. The molecule has 0 aliphatic heterocycles. The summed E-state index contributed by atoms with van der Waals surface area (Å²) in [7, 11) is 0. The summed E-state index contributed by atoms with van der Waals surface area (Å²) in [6.07, 6.45) is 14.0. The highest BCUT2D eigenvalue weighted by molar-refractivity contribution is 6.01. The highest BCUT2D eigenvalue weighted by atomic mass is 19.1. The van der Waals surface area contributed by atoms with Gasteiger partial charge in [0.1, 0.15) is 11.5 Å². The number of hydrogen-bond donors (Lipinski definition) is 3. The van der Waals surface area contributed by atoms with Gasteiger partial charge < -0.3 is 10.3 Å². The number of benzene rings is 1. The Bertz CT molecular complexity index is 1850. The molecular formula is C31H26FN7O. The molecule has 0 spiro atoms. The number of halogens is 1. The number of fused-ring (bicyclic) bond motifs is 2. The van der Waals surface area contributed by atoms with Crippen LogP contribution in [-0.4, -0.2) is 36.0 Å². The molecule has 198 valence electrons. The minimum absolute atomic E-state index is 0.0625. The topological polar surface area (TPSA) is 112 Å². The molecule has 7 rings (SSSR count). The maximum Gasteiger partial charge on any atom is 0.227 e. The van der Waals surface area contributed by atoms with Crippen molar-refractivity contribution in [1.82, 2.24) is 30.1 Å². The summed E-state index contributed by atoms with van der Waals surface area (Å²) < 4.78 is 13.5. The molecule has 0 bridgehead atoms. The van der Waals surface area contributed by atoms with E-state index in [4.69, 9.17) is 0 Å². The van der Waals surface area contributed by atoms with Crippen molar-refractivity contribution in [1.29, 1.82) is 0 Å². The fraction of sp³-hybridized carbons (Fsp3) is 0.194. The molecule has 0 radical (unpaired) electrons. The summed E-state index contributed by atoms with van der Waals surface area (Å²) in [5.41, 5.74) is 7.19. The van der Waals surface area contributed by atoms with Gasteiger partial charge in [0.25, 0.3) is 0 Å². The van der Waals surface area contributed by atoms with Gasteiger partial charge in [0.05, 0.1) is 46.7 Å². The molecule has 1 fully saturated rings. The zero-order chi connectivity index (χ0) is 27.1. The average Bonchev–Trinajstić information content (AvgIpc) is 3.62. The number of carbonyl (C=O) groups excluding carboxylic acids is 1. The van der Waals surface area contributed by atoms with Gasteiger partial charge in [0.15, 0.2) is 0 Å². The van der Waals surface area contributed by atoms with Crippen molar-refractivity contribution in [3.8, 4) is 33.8 Å². The number of H-pyrrole nitrogens is 2. The van der Waals surface area contributed by atoms with Crippen molar-refractivity contribution in [3.05, 3.63) is 79.3 Å². The summed E-state index contributed by atoms with van der Waals surface area (Å²) in [6.45, 7) is 0. The van der Waals surface area contributed by atoms with Crippen LogP contribution < -0.4 is 5.32 Å². The number of pyridine rings is 3. The number of hydrogen-bond acceptors (Lipinski definition) is 5. The van der Waals surface area contributed by atoms with E-state index in [1.807, 2.05) is 18.2 Å². The molecule has 40 heavy (non-hydrogen) atoms. The number of anilines is 1.